The van der Waals surface area contributed by atoms with Gasteiger partial charge in [-0.15, -0.1) is 0 Å². The first-order chi connectivity index (χ1) is 16.7. The molecule has 2 aromatic carbocycles. The maximum Gasteiger partial charge on any atom is 0.409 e. The lowest BCUT2D eigenvalue weighted by Crippen LogP contribution is -2.42. The summed E-state index contributed by atoms with van der Waals surface area (Å²) in [5, 5.41) is 8.85. The minimum absolute atomic E-state index is 0.0256. The number of carbonyl (C=O) groups is 2. The molecule has 10 nitrogen and oxygen atoms in total. The number of hydrogen-bond donors (Lipinski definition) is 2. The predicted molar refractivity (Wildman–Crippen MR) is 121 cm³/mol. The Hall–Kier alpha value is -3.13. The number of nitrogens with one attached hydrogen (secondary N) is 1. The van der Waals surface area contributed by atoms with Gasteiger partial charge in [-0.1, -0.05) is 17.7 Å². The third-order valence-electron chi connectivity index (χ3n) is 4.60. The first-order valence-electron chi connectivity index (χ1n) is 10.4. The summed E-state index contributed by atoms with van der Waals surface area (Å²) in [6.45, 7) is 1.29. The molecule has 1 atom stereocenters. The van der Waals surface area contributed by atoms with Gasteiger partial charge in [0.25, 0.3) is 5.91 Å². The monoisotopic (exact) mass is 515 g/mol. The van der Waals surface area contributed by atoms with Crippen molar-refractivity contribution in [2.24, 2.45) is 0 Å². The van der Waals surface area contributed by atoms with Crippen LogP contribution >= 0.6 is 0 Å². The van der Waals surface area contributed by atoms with Crippen LogP contribution in [0.25, 0.3) is 0 Å². The highest BCUT2D eigenvalue weighted by atomic mass is 32.2. The Morgan fingerprint density at radius 2 is 1.71 bits per heavy atom. The molecule has 0 spiro atoms. The number of benzene rings is 2. The summed E-state index contributed by atoms with van der Waals surface area (Å²) < 4.78 is 58.5. The maximum atomic E-state index is 14.7. The lowest BCUT2D eigenvalue weighted by Gasteiger charge is -2.24. The van der Waals surface area contributed by atoms with Gasteiger partial charge >= 0.3 is 6.09 Å². The standard InChI is InChI=1S/C22H27F2N3O7S/c1-15-4-6-16(7-5-15)34-21-18(23)12-17(13-19(21)24)35(31)27(14-20(28)25-30)9-8-26(2)22(29)33-11-10-32-3/h4-7,12-13,30H,8-11,14H2,1-3H3,(H,25,28). The number of methoxy groups -OCH3 is 1. The normalized spacial score (nSPS) is 11.7. The first-order valence-corrected chi connectivity index (χ1v) is 11.5. The zero-order valence-electron chi connectivity index (χ0n) is 19.5. The molecule has 0 heterocycles. The number of ether oxygens (including phenoxy) is 3. The van der Waals surface area contributed by atoms with Crippen LogP contribution in [0.15, 0.2) is 41.3 Å². The topological polar surface area (TPSA) is 118 Å². The molecule has 192 valence electrons. The zero-order chi connectivity index (χ0) is 26.0. The molecule has 0 aromatic heterocycles. The molecule has 0 aliphatic heterocycles. The molecule has 2 aromatic rings. The van der Waals surface area contributed by atoms with Crippen molar-refractivity contribution >= 4 is 23.0 Å². The Labute approximate surface area is 203 Å². The predicted octanol–water partition coefficient (Wildman–Crippen LogP) is 2.61. The van der Waals surface area contributed by atoms with E-state index in [2.05, 4.69) is 0 Å². The number of aryl methyl sites for hydroxylation is 1. The minimum Gasteiger partial charge on any atom is -0.451 e. The third kappa shape index (κ3) is 8.55. The fourth-order valence-corrected chi connectivity index (χ4v) is 3.89. The summed E-state index contributed by atoms with van der Waals surface area (Å²) in [4.78, 5) is 24.5. The van der Waals surface area contributed by atoms with E-state index in [1.807, 2.05) is 6.92 Å². The van der Waals surface area contributed by atoms with Crippen molar-refractivity contribution in [1.29, 1.82) is 0 Å². The Kier molecular flexibility index (Phi) is 11.0. The average molecular weight is 516 g/mol. The van der Waals surface area contributed by atoms with Crippen LogP contribution in [-0.2, 0) is 25.3 Å². The highest BCUT2D eigenvalue weighted by Gasteiger charge is 2.24. The molecule has 0 aliphatic rings. The Morgan fingerprint density at radius 1 is 1.09 bits per heavy atom. The van der Waals surface area contributed by atoms with Crippen molar-refractivity contribution in [3.05, 3.63) is 53.6 Å². The quantitative estimate of drug-likeness (QED) is 0.254. The maximum absolute atomic E-state index is 14.7. The van der Waals surface area contributed by atoms with E-state index in [0.717, 1.165) is 26.9 Å². The second-order valence-corrected chi connectivity index (χ2v) is 8.79. The van der Waals surface area contributed by atoms with Crippen LogP contribution in [-0.4, -0.2) is 77.6 Å². The van der Waals surface area contributed by atoms with E-state index < -0.39 is 46.9 Å². The largest absolute Gasteiger partial charge is 0.451 e. The van der Waals surface area contributed by atoms with Crippen LogP contribution in [0, 0.1) is 18.6 Å². The molecule has 0 saturated carbocycles. The molecule has 35 heavy (non-hydrogen) atoms. The van der Waals surface area contributed by atoms with Crippen molar-refractivity contribution in [3.8, 4) is 11.5 Å². The first kappa shape index (κ1) is 28.1. The van der Waals surface area contributed by atoms with Crippen LogP contribution in [0.2, 0.25) is 0 Å². The van der Waals surface area contributed by atoms with Gasteiger partial charge in [0.2, 0.25) is 0 Å². The minimum atomic E-state index is -2.23. The lowest BCUT2D eigenvalue weighted by atomic mass is 10.2. The average Bonchev–Trinajstić information content (AvgIpc) is 2.84. The number of carbonyl (C=O) groups excluding carboxylic acids is 2. The van der Waals surface area contributed by atoms with Gasteiger partial charge in [-0.25, -0.2) is 27.6 Å². The molecular formula is C22H27F2N3O7S. The summed E-state index contributed by atoms with van der Waals surface area (Å²) in [6, 6.07) is 8.18. The molecule has 1 unspecified atom stereocenters. The summed E-state index contributed by atoms with van der Waals surface area (Å²) in [5.74, 6) is -3.57. The zero-order valence-corrected chi connectivity index (χ0v) is 20.3. The fourth-order valence-electron chi connectivity index (χ4n) is 2.70. The smallest absolute Gasteiger partial charge is 0.409 e. The van der Waals surface area contributed by atoms with Gasteiger partial charge < -0.3 is 19.1 Å². The summed E-state index contributed by atoms with van der Waals surface area (Å²) in [5.41, 5.74) is 2.34. The number of amides is 2. The molecule has 0 saturated heterocycles. The molecule has 2 N–H and O–H groups in total. The van der Waals surface area contributed by atoms with Crippen LogP contribution < -0.4 is 10.2 Å². The number of hydrogen-bond acceptors (Lipinski definition) is 7. The van der Waals surface area contributed by atoms with E-state index in [1.165, 1.54) is 19.6 Å². The van der Waals surface area contributed by atoms with Crippen LogP contribution in [0.4, 0.5) is 13.6 Å². The molecular weight excluding hydrogens is 488 g/mol. The Balaban J connectivity index is 2.16. The highest BCUT2D eigenvalue weighted by Crippen LogP contribution is 2.30. The molecule has 0 aliphatic carbocycles. The van der Waals surface area contributed by atoms with Crippen molar-refractivity contribution < 1.29 is 42.0 Å². The summed E-state index contributed by atoms with van der Waals surface area (Å²) in [6.07, 6.45) is -0.686. The van der Waals surface area contributed by atoms with Crippen LogP contribution in [0.5, 0.6) is 11.5 Å². The van der Waals surface area contributed by atoms with Gasteiger partial charge in [0.15, 0.2) is 17.4 Å². The van der Waals surface area contributed by atoms with Crippen LogP contribution in [0.1, 0.15) is 5.56 Å². The molecule has 0 bridgehead atoms. The third-order valence-corrected chi connectivity index (χ3v) is 6.02. The van der Waals surface area contributed by atoms with Crippen molar-refractivity contribution in [1.82, 2.24) is 14.7 Å². The van der Waals surface area contributed by atoms with Crippen LogP contribution in [0.3, 0.4) is 0 Å². The van der Waals surface area contributed by atoms with Crippen molar-refractivity contribution in [2.75, 3.05) is 47.0 Å². The summed E-state index contributed by atoms with van der Waals surface area (Å²) in [7, 11) is 0.633. The van der Waals surface area contributed by atoms with Gasteiger partial charge in [0, 0.05) is 27.2 Å². The summed E-state index contributed by atoms with van der Waals surface area (Å²) >= 11 is 0. The second-order valence-electron chi connectivity index (χ2n) is 7.31. The fraction of sp³-hybridized carbons (Fsp3) is 0.364. The second kappa shape index (κ2) is 13.7. The molecule has 2 rings (SSSR count). The SMILES string of the molecule is COCCOC(=O)N(C)CCN(CC(=O)NO)S(=O)c1cc(F)c(Oc2ccc(C)cc2)c(F)c1. The van der Waals surface area contributed by atoms with E-state index in [9.17, 15) is 22.6 Å². The van der Waals surface area contributed by atoms with E-state index in [0.29, 0.717) is 0 Å². The number of likely N-dealkylation sites (N-methyl/N-ethyl adjacent to an activating group) is 1. The van der Waals surface area contributed by atoms with Crippen molar-refractivity contribution in [3.63, 3.8) is 0 Å². The molecule has 0 fully saturated rings. The number of hydroxylamine groups is 1. The van der Waals surface area contributed by atoms with E-state index in [4.69, 9.17) is 19.4 Å². The van der Waals surface area contributed by atoms with Gasteiger partial charge in [0.05, 0.1) is 18.0 Å². The van der Waals surface area contributed by atoms with E-state index in [-0.39, 0.29) is 36.9 Å². The van der Waals surface area contributed by atoms with Gasteiger partial charge in [-0.3, -0.25) is 10.0 Å². The number of nitrogens with zero attached hydrogens (tertiary/aromatic N) is 2. The van der Waals surface area contributed by atoms with E-state index >= 15 is 0 Å². The molecule has 2 amide bonds. The number of rotatable bonds is 12. The van der Waals surface area contributed by atoms with Crippen molar-refractivity contribution in [2.45, 2.75) is 11.8 Å². The lowest BCUT2D eigenvalue weighted by molar-refractivity contribution is -0.129. The molecule has 13 heteroatoms. The van der Waals surface area contributed by atoms with Gasteiger partial charge in [-0.2, -0.15) is 0 Å². The molecule has 0 radical (unpaired) electrons. The Morgan fingerprint density at radius 3 is 2.29 bits per heavy atom. The number of halogens is 2. The van der Waals surface area contributed by atoms with Gasteiger partial charge in [-0.05, 0) is 31.2 Å². The highest BCUT2D eigenvalue weighted by molar-refractivity contribution is 7.82. The van der Waals surface area contributed by atoms with Gasteiger partial charge in [0.1, 0.15) is 23.3 Å². The van der Waals surface area contributed by atoms with E-state index in [1.54, 1.807) is 24.3 Å². The Bertz CT molecular complexity index is 1020.